The van der Waals surface area contributed by atoms with Crippen molar-refractivity contribution in [1.82, 2.24) is 9.88 Å². The van der Waals surface area contributed by atoms with Crippen LogP contribution in [0.1, 0.15) is 5.69 Å². The number of hydrogen-bond donors (Lipinski definition) is 0. The van der Waals surface area contributed by atoms with E-state index in [1.165, 1.54) is 0 Å². The van der Waals surface area contributed by atoms with Crippen LogP contribution in [0.5, 0.6) is 0 Å². The van der Waals surface area contributed by atoms with Gasteiger partial charge in [0.05, 0.1) is 0 Å². The smallest absolute Gasteiger partial charge is 0.235 e. The fourth-order valence-electron chi connectivity index (χ4n) is 2.31. The summed E-state index contributed by atoms with van der Waals surface area (Å²) in [6.45, 7) is 3.64. The third-order valence-corrected chi connectivity index (χ3v) is 3.53. The second kappa shape index (κ2) is 5.35. The highest BCUT2D eigenvalue weighted by Crippen LogP contribution is 2.28. The topological polar surface area (TPSA) is 56.3 Å². The van der Waals surface area contributed by atoms with Crippen molar-refractivity contribution in [3.8, 4) is 17.5 Å². The molecule has 5 nitrogen and oxygen atoms in total. The van der Waals surface area contributed by atoms with Gasteiger partial charge in [-0.3, -0.25) is 0 Å². The molecule has 20 heavy (non-hydrogen) atoms. The number of piperazine rings is 1. The number of benzene rings is 1. The summed E-state index contributed by atoms with van der Waals surface area (Å²) in [5.74, 6) is 1.11. The van der Waals surface area contributed by atoms with Crippen molar-refractivity contribution < 1.29 is 4.42 Å². The average molecular weight is 268 g/mol. The van der Waals surface area contributed by atoms with Crippen LogP contribution in [0.2, 0.25) is 0 Å². The summed E-state index contributed by atoms with van der Waals surface area (Å²) in [5.41, 5.74) is 1.26. The number of nitriles is 1. The quantitative estimate of drug-likeness (QED) is 0.833. The molecule has 1 aromatic heterocycles. The van der Waals surface area contributed by atoms with Crippen LogP contribution in [0.25, 0.3) is 11.5 Å². The highest BCUT2D eigenvalue weighted by atomic mass is 16.4. The molecule has 2 aromatic rings. The molecule has 0 spiro atoms. The molecule has 0 atom stereocenters. The zero-order chi connectivity index (χ0) is 13.9. The number of hydrogen-bond acceptors (Lipinski definition) is 5. The molecule has 1 fully saturated rings. The van der Waals surface area contributed by atoms with E-state index in [9.17, 15) is 5.26 Å². The maximum atomic E-state index is 9.25. The molecule has 5 heteroatoms. The van der Waals surface area contributed by atoms with Gasteiger partial charge in [-0.2, -0.15) is 10.2 Å². The molecule has 1 aliphatic rings. The zero-order valence-corrected chi connectivity index (χ0v) is 11.4. The van der Waals surface area contributed by atoms with Crippen LogP contribution in [0.15, 0.2) is 34.7 Å². The van der Waals surface area contributed by atoms with E-state index >= 15 is 0 Å². The lowest BCUT2D eigenvalue weighted by molar-refractivity contribution is 0.306. The zero-order valence-electron chi connectivity index (χ0n) is 11.4. The van der Waals surface area contributed by atoms with Crippen molar-refractivity contribution in [3.63, 3.8) is 0 Å². The standard InChI is InChI=1S/C15H16N4O/c1-18-7-9-19(10-8-18)15-13(11-16)17-14(20-15)12-5-3-2-4-6-12/h2-6H,7-10H2,1H3. The van der Waals surface area contributed by atoms with E-state index < -0.39 is 0 Å². The summed E-state index contributed by atoms with van der Waals surface area (Å²) >= 11 is 0. The molecular formula is C15H16N4O. The fourth-order valence-corrected chi connectivity index (χ4v) is 2.31. The monoisotopic (exact) mass is 268 g/mol. The van der Waals surface area contributed by atoms with Gasteiger partial charge in [0, 0.05) is 31.7 Å². The van der Waals surface area contributed by atoms with Crippen LogP contribution in [-0.2, 0) is 0 Å². The first-order valence-corrected chi connectivity index (χ1v) is 6.68. The Morgan fingerprint density at radius 1 is 1.15 bits per heavy atom. The maximum Gasteiger partial charge on any atom is 0.235 e. The minimum absolute atomic E-state index is 0.369. The Kier molecular flexibility index (Phi) is 3.40. The summed E-state index contributed by atoms with van der Waals surface area (Å²) in [7, 11) is 2.10. The van der Waals surface area contributed by atoms with Gasteiger partial charge in [-0.15, -0.1) is 0 Å². The predicted molar refractivity (Wildman–Crippen MR) is 76.4 cm³/mol. The summed E-state index contributed by atoms with van der Waals surface area (Å²) in [6, 6.07) is 11.8. The van der Waals surface area contributed by atoms with Crippen molar-refractivity contribution in [3.05, 3.63) is 36.0 Å². The van der Waals surface area contributed by atoms with Crippen molar-refractivity contribution in [2.75, 3.05) is 38.1 Å². The summed E-state index contributed by atoms with van der Waals surface area (Å²) in [4.78, 5) is 8.67. The Morgan fingerprint density at radius 2 is 1.85 bits per heavy atom. The Labute approximate surface area is 118 Å². The lowest BCUT2D eigenvalue weighted by Gasteiger charge is -2.31. The van der Waals surface area contributed by atoms with Crippen LogP contribution in [-0.4, -0.2) is 43.1 Å². The van der Waals surface area contributed by atoms with Crippen molar-refractivity contribution in [1.29, 1.82) is 5.26 Å². The van der Waals surface area contributed by atoms with Crippen molar-refractivity contribution in [2.24, 2.45) is 0 Å². The van der Waals surface area contributed by atoms with Gasteiger partial charge < -0.3 is 14.2 Å². The molecule has 3 rings (SSSR count). The van der Waals surface area contributed by atoms with Gasteiger partial charge in [0.15, 0.2) is 0 Å². The van der Waals surface area contributed by atoms with Gasteiger partial charge in [0.25, 0.3) is 0 Å². The number of oxazole rings is 1. The normalized spacial score (nSPS) is 16.1. The van der Waals surface area contributed by atoms with Crippen molar-refractivity contribution in [2.45, 2.75) is 0 Å². The van der Waals surface area contributed by atoms with Crippen LogP contribution >= 0.6 is 0 Å². The Hall–Kier alpha value is -2.32. The van der Waals surface area contributed by atoms with Gasteiger partial charge in [-0.25, -0.2) is 0 Å². The molecule has 0 N–H and O–H groups in total. The molecule has 102 valence electrons. The van der Waals surface area contributed by atoms with Crippen LogP contribution < -0.4 is 4.90 Å². The molecular weight excluding hydrogens is 252 g/mol. The number of rotatable bonds is 2. The highest BCUT2D eigenvalue weighted by Gasteiger charge is 2.23. The number of likely N-dealkylation sites (N-methyl/N-ethyl adjacent to an activating group) is 1. The van der Waals surface area contributed by atoms with E-state index in [0.29, 0.717) is 17.5 Å². The molecule has 1 saturated heterocycles. The third-order valence-electron chi connectivity index (χ3n) is 3.53. The first-order chi connectivity index (χ1) is 9.78. The van der Waals surface area contributed by atoms with E-state index in [1.54, 1.807) is 0 Å². The van der Waals surface area contributed by atoms with Crippen molar-refractivity contribution >= 4 is 5.88 Å². The fraction of sp³-hybridized carbons (Fsp3) is 0.333. The number of anilines is 1. The van der Waals surface area contributed by atoms with Gasteiger partial charge in [-0.1, -0.05) is 18.2 Å². The second-order valence-electron chi connectivity index (χ2n) is 4.94. The van der Waals surface area contributed by atoms with E-state index in [0.717, 1.165) is 31.7 Å². The molecule has 0 bridgehead atoms. The molecule has 2 heterocycles. The average Bonchev–Trinajstić information content (AvgIpc) is 2.93. The Bertz CT molecular complexity index is 621. The molecule has 0 unspecified atom stereocenters. The predicted octanol–water partition coefficient (Wildman–Crippen LogP) is 1.97. The lowest BCUT2D eigenvalue weighted by Crippen LogP contribution is -2.44. The van der Waals surface area contributed by atoms with E-state index in [4.69, 9.17) is 4.42 Å². The maximum absolute atomic E-state index is 9.25. The number of nitrogens with zero attached hydrogens (tertiary/aromatic N) is 4. The molecule has 1 aliphatic heterocycles. The van der Waals surface area contributed by atoms with Gasteiger partial charge in [-0.05, 0) is 19.2 Å². The van der Waals surface area contributed by atoms with Gasteiger partial charge >= 0.3 is 0 Å². The van der Waals surface area contributed by atoms with Crippen LogP contribution in [0.3, 0.4) is 0 Å². The summed E-state index contributed by atoms with van der Waals surface area (Å²) in [5, 5.41) is 9.25. The first-order valence-electron chi connectivity index (χ1n) is 6.68. The van der Waals surface area contributed by atoms with Gasteiger partial charge in [0.1, 0.15) is 6.07 Å². The third kappa shape index (κ3) is 2.38. The first kappa shape index (κ1) is 12.7. The SMILES string of the molecule is CN1CCN(c2oc(-c3ccccc3)nc2C#N)CC1. The Morgan fingerprint density at radius 3 is 2.50 bits per heavy atom. The Balaban J connectivity index is 1.92. The van der Waals surface area contributed by atoms with Crippen LogP contribution in [0, 0.1) is 11.3 Å². The highest BCUT2D eigenvalue weighted by molar-refractivity contribution is 5.59. The summed E-state index contributed by atoms with van der Waals surface area (Å²) < 4.78 is 5.84. The van der Waals surface area contributed by atoms with E-state index in [2.05, 4.69) is 27.9 Å². The molecule has 0 radical (unpaired) electrons. The minimum Gasteiger partial charge on any atom is -0.419 e. The molecule has 1 aromatic carbocycles. The number of aromatic nitrogens is 1. The minimum atomic E-state index is 0.369. The van der Waals surface area contributed by atoms with Gasteiger partial charge in [0.2, 0.25) is 17.5 Å². The largest absolute Gasteiger partial charge is 0.419 e. The van der Waals surface area contributed by atoms with E-state index in [-0.39, 0.29) is 0 Å². The lowest BCUT2D eigenvalue weighted by atomic mass is 10.2. The molecule has 0 amide bonds. The van der Waals surface area contributed by atoms with E-state index in [1.807, 2.05) is 30.3 Å². The van der Waals surface area contributed by atoms with Crippen LogP contribution in [0.4, 0.5) is 5.88 Å². The second-order valence-corrected chi connectivity index (χ2v) is 4.94. The molecule has 0 aliphatic carbocycles. The molecule has 0 saturated carbocycles. The summed E-state index contributed by atoms with van der Waals surface area (Å²) in [6.07, 6.45) is 0.